The minimum atomic E-state index is 0.209. The number of hydrogen-bond acceptors (Lipinski definition) is 2. The fourth-order valence-electron chi connectivity index (χ4n) is 5.72. The van der Waals surface area contributed by atoms with Gasteiger partial charge in [-0.05, 0) is 56.1 Å². The van der Waals surface area contributed by atoms with E-state index in [-0.39, 0.29) is 5.43 Å². The van der Waals surface area contributed by atoms with Gasteiger partial charge in [0.1, 0.15) is 0 Å². The highest BCUT2D eigenvalue weighted by atomic mass is 16.1. The number of aromatic nitrogens is 1. The molecule has 1 N–H and O–H groups in total. The summed E-state index contributed by atoms with van der Waals surface area (Å²) in [5.41, 5.74) is 5.08. The first kappa shape index (κ1) is 16.8. The van der Waals surface area contributed by atoms with Crippen LogP contribution in [0.15, 0.2) is 23.0 Å². The summed E-state index contributed by atoms with van der Waals surface area (Å²) >= 11 is 0. The lowest BCUT2D eigenvalue weighted by atomic mass is 9.65. The van der Waals surface area contributed by atoms with E-state index in [9.17, 15) is 4.79 Å². The molecular formula is C22H30N2O. The van der Waals surface area contributed by atoms with Gasteiger partial charge in [0, 0.05) is 41.3 Å². The number of aryl methyl sites for hydroxylation is 2. The maximum absolute atomic E-state index is 13.1. The van der Waals surface area contributed by atoms with Crippen molar-refractivity contribution in [1.82, 2.24) is 9.88 Å². The molecule has 25 heavy (non-hydrogen) atoms. The molecule has 2 aliphatic rings. The maximum Gasteiger partial charge on any atom is 0.194 e. The van der Waals surface area contributed by atoms with Crippen molar-refractivity contribution in [2.75, 3.05) is 6.54 Å². The number of nitrogens with zero attached hydrogens (tertiary/aromatic N) is 1. The molecular weight excluding hydrogens is 308 g/mol. The molecule has 134 valence electrons. The topological polar surface area (TPSA) is 36.1 Å². The Morgan fingerprint density at radius 2 is 1.96 bits per heavy atom. The van der Waals surface area contributed by atoms with Crippen molar-refractivity contribution < 1.29 is 0 Å². The van der Waals surface area contributed by atoms with Gasteiger partial charge in [-0.15, -0.1) is 0 Å². The van der Waals surface area contributed by atoms with E-state index in [1.165, 1.54) is 19.3 Å². The van der Waals surface area contributed by atoms with Crippen LogP contribution in [0.25, 0.3) is 10.9 Å². The molecule has 1 aromatic carbocycles. The second kappa shape index (κ2) is 5.44. The average molecular weight is 338 g/mol. The molecule has 1 saturated carbocycles. The summed E-state index contributed by atoms with van der Waals surface area (Å²) in [6, 6.07) is 6.71. The Balaban J connectivity index is 1.71. The van der Waals surface area contributed by atoms with Gasteiger partial charge in [0.2, 0.25) is 0 Å². The fraction of sp³-hybridized carbons (Fsp3) is 0.591. The van der Waals surface area contributed by atoms with Crippen LogP contribution in [-0.2, 0) is 6.54 Å². The van der Waals surface area contributed by atoms with Gasteiger partial charge in [-0.1, -0.05) is 32.4 Å². The first-order valence-electron chi connectivity index (χ1n) is 9.52. The van der Waals surface area contributed by atoms with Gasteiger partial charge in [-0.2, -0.15) is 0 Å². The molecule has 3 nitrogen and oxygen atoms in total. The smallest absolute Gasteiger partial charge is 0.194 e. The second-order valence-corrected chi connectivity index (χ2v) is 9.73. The highest BCUT2D eigenvalue weighted by Gasteiger charge is 2.49. The highest BCUT2D eigenvalue weighted by Crippen LogP contribution is 2.52. The summed E-state index contributed by atoms with van der Waals surface area (Å²) in [5, 5.41) is 0.828. The Bertz CT molecular complexity index is 895. The van der Waals surface area contributed by atoms with Gasteiger partial charge >= 0.3 is 0 Å². The molecule has 2 atom stereocenters. The highest BCUT2D eigenvalue weighted by molar-refractivity contribution is 5.80. The van der Waals surface area contributed by atoms with E-state index >= 15 is 0 Å². The zero-order chi connectivity index (χ0) is 18.0. The van der Waals surface area contributed by atoms with E-state index in [1.54, 1.807) is 0 Å². The lowest BCUT2D eigenvalue weighted by molar-refractivity contribution is 0.126. The molecule has 0 radical (unpaired) electrons. The number of nitrogens with one attached hydrogen (secondary N) is 1. The predicted octanol–water partition coefficient (Wildman–Crippen LogP) is 4.55. The lowest BCUT2D eigenvalue weighted by Gasteiger charge is -2.40. The van der Waals surface area contributed by atoms with Crippen molar-refractivity contribution in [3.05, 3.63) is 45.2 Å². The number of benzene rings is 1. The van der Waals surface area contributed by atoms with E-state index in [4.69, 9.17) is 0 Å². The van der Waals surface area contributed by atoms with Crippen LogP contribution in [0.5, 0.6) is 0 Å². The number of hydrogen-bond donors (Lipinski definition) is 1. The second-order valence-electron chi connectivity index (χ2n) is 9.73. The van der Waals surface area contributed by atoms with Gasteiger partial charge in [-0.25, -0.2) is 0 Å². The van der Waals surface area contributed by atoms with Crippen molar-refractivity contribution >= 4 is 10.9 Å². The number of rotatable bonds is 2. The van der Waals surface area contributed by atoms with Crippen molar-refractivity contribution in [3.8, 4) is 0 Å². The van der Waals surface area contributed by atoms with E-state index in [0.29, 0.717) is 16.9 Å². The van der Waals surface area contributed by atoms with Crippen molar-refractivity contribution in [3.63, 3.8) is 0 Å². The molecule has 0 spiro atoms. The molecule has 2 fully saturated rings. The van der Waals surface area contributed by atoms with Crippen molar-refractivity contribution in [2.45, 2.75) is 66.5 Å². The maximum atomic E-state index is 13.1. The summed E-state index contributed by atoms with van der Waals surface area (Å²) in [5.74, 6) is 0. The molecule has 4 rings (SSSR count). The van der Waals surface area contributed by atoms with Gasteiger partial charge < -0.3 is 4.98 Å². The first-order chi connectivity index (χ1) is 11.7. The lowest BCUT2D eigenvalue weighted by Crippen LogP contribution is -2.35. The summed E-state index contributed by atoms with van der Waals surface area (Å²) in [7, 11) is 0. The van der Waals surface area contributed by atoms with Crippen LogP contribution in [0.2, 0.25) is 0 Å². The van der Waals surface area contributed by atoms with E-state index < -0.39 is 0 Å². The van der Waals surface area contributed by atoms with Crippen LogP contribution < -0.4 is 5.43 Å². The Morgan fingerprint density at radius 1 is 1.20 bits per heavy atom. The van der Waals surface area contributed by atoms with Crippen LogP contribution in [-0.4, -0.2) is 22.5 Å². The quantitative estimate of drug-likeness (QED) is 0.872. The molecule has 0 amide bonds. The largest absolute Gasteiger partial charge is 0.358 e. The summed E-state index contributed by atoms with van der Waals surface area (Å²) in [6.45, 7) is 13.2. The van der Waals surface area contributed by atoms with Gasteiger partial charge in [0.15, 0.2) is 5.43 Å². The predicted molar refractivity (Wildman–Crippen MR) is 104 cm³/mol. The SMILES string of the molecule is Cc1ccc2[nH]c(C)c(CN3C[C@@]4(C)C[C@@H]3CC(C)(C)C4)c(=O)c2c1. The molecule has 1 aliphatic carbocycles. The number of H-pyrrole nitrogens is 1. The first-order valence-corrected chi connectivity index (χ1v) is 9.52. The van der Waals surface area contributed by atoms with Gasteiger partial charge in [0.25, 0.3) is 0 Å². The monoisotopic (exact) mass is 338 g/mol. The number of pyridine rings is 1. The average Bonchev–Trinajstić information content (AvgIpc) is 2.73. The van der Waals surface area contributed by atoms with E-state index in [2.05, 4.69) is 36.7 Å². The molecule has 2 heterocycles. The molecule has 3 heteroatoms. The Kier molecular flexibility index (Phi) is 3.66. The minimum Gasteiger partial charge on any atom is -0.358 e. The summed E-state index contributed by atoms with van der Waals surface area (Å²) < 4.78 is 0. The summed E-state index contributed by atoms with van der Waals surface area (Å²) in [4.78, 5) is 19.2. The Morgan fingerprint density at radius 3 is 2.72 bits per heavy atom. The van der Waals surface area contributed by atoms with Crippen LogP contribution in [0.4, 0.5) is 0 Å². The van der Waals surface area contributed by atoms with Crippen molar-refractivity contribution in [1.29, 1.82) is 0 Å². The van der Waals surface area contributed by atoms with Gasteiger partial charge in [0.05, 0.1) is 0 Å². The van der Waals surface area contributed by atoms with Crippen LogP contribution >= 0.6 is 0 Å². The standard InChI is InChI=1S/C22H30N2O/c1-14-6-7-19-17(8-14)20(25)18(15(2)23-19)11-24-13-22(5)10-16(24)9-21(3,4)12-22/h6-8,16H,9-13H2,1-5H3,(H,23,25)/t16-,22-/m0/s1. The van der Waals surface area contributed by atoms with Crippen LogP contribution in [0, 0.1) is 24.7 Å². The molecule has 1 aromatic heterocycles. The molecule has 2 aromatic rings. The van der Waals surface area contributed by atoms with E-state index in [0.717, 1.165) is 40.8 Å². The zero-order valence-corrected chi connectivity index (χ0v) is 16.2. The molecule has 2 bridgehead atoms. The van der Waals surface area contributed by atoms with E-state index in [1.807, 2.05) is 26.0 Å². The molecule has 0 unspecified atom stereocenters. The molecule has 1 saturated heterocycles. The number of aromatic amines is 1. The zero-order valence-electron chi connectivity index (χ0n) is 16.2. The van der Waals surface area contributed by atoms with Crippen molar-refractivity contribution in [2.24, 2.45) is 10.8 Å². The minimum absolute atomic E-state index is 0.209. The van der Waals surface area contributed by atoms with Gasteiger partial charge in [-0.3, -0.25) is 9.69 Å². The normalized spacial score (nSPS) is 28.6. The van der Waals surface area contributed by atoms with Crippen LogP contribution in [0.3, 0.4) is 0 Å². The summed E-state index contributed by atoms with van der Waals surface area (Å²) in [6.07, 6.45) is 3.81. The third kappa shape index (κ3) is 2.93. The Hall–Kier alpha value is -1.61. The Labute approximate surface area is 150 Å². The molecule has 1 aliphatic heterocycles. The number of fused-ring (bicyclic) bond motifs is 3. The van der Waals surface area contributed by atoms with Crippen LogP contribution in [0.1, 0.15) is 56.9 Å². The number of likely N-dealkylation sites (tertiary alicyclic amines) is 1. The third-order valence-corrected chi connectivity index (χ3v) is 6.35. The fourth-order valence-corrected chi connectivity index (χ4v) is 5.72. The third-order valence-electron chi connectivity index (χ3n) is 6.35.